The van der Waals surface area contributed by atoms with E-state index in [1.807, 2.05) is 24.3 Å². The fraction of sp³-hybridized carbons (Fsp3) is 0.167. The Morgan fingerprint density at radius 1 is 1.04 bits per heavy atom. The van der Waals surface area contributed by atoms with Crippen LogP contribution in [0.15, 0.2) is 53.4 Å². The predicted octanol–water partition coefficient (Wildman–Crippen LogP) is 3.05. The van der Waals surface area contributed by atoms with Crippen LogP contribution in [0.1, 0.15) is 23.6 Å². The molecule has 24 heavy (non-hydrogen) atoms. The number of fused-ring (bicyclic) bond motifs is 3. The van der Waals surface area contributed by atoms with Crippen LogP contribution in [0, 0.1) is 0 Å². The zero-order chi connectivity index (χ0) is 16.9. The smallest absolute Gasteiger partial charge is 0.225 e. The molecule has 6 heteroatoms. The first kappa shape index (κ1) is 15.0. The van der Waals surface area contributed by atoms with Gasteiger partial charge < -0.3 is 10.3 Å². The second kappa shape index (κ2) is 5.21. The fourth-order valence-electron chi connectivity index (χ4n) is 3.27. The SMILES string of the molecule is CS(=O)(=O)c1ccc(C2CC(=O)Nc3c2[nH]c2ccccc32)cc1. The van der Waals surface area contributed by atoms with Crippen molar-refractivity contribution in [2.45, 2.75) is 17.2 Å². The number of H-pyrrole nitrogens is 1. The van der Waals surface area contributed by atoms with Crippen LogP contribution in [-0.4, -0.2) is 25.6 Å². The third-order valence-corrected chi connectivity index (χ3v) is 5.58. The molecule has 1 unspecified atom stereocenters. The van der Waals surface area contributed by atoms with E-state index < -0.39 is 9.84 Å². The predicted molar refractivity (Wildman–Crippen MR) is 92.9 cm³/mol. The summed E-state index contributed by atoms with van der Waals surface area (Å²) in [5.74, 6) is -0.154. The Balaban J connectivity index is 1.84. The van der Waals surface area contributed by atoms with E-state index in [1.54, 1.807) is 24.3 Å². The van der Waals surface area contributed by atoms with E-state index in [0.29, 0.717) is 6.42 Å². The van der Waals surface area contributed by atoms with Gasteiger partial charge >= 0.3 is 0 Å². The maximum Gasteiger partial charge on any atom is 0.225 e. The summed E-state index contributed by atoms with van der Waals surface area (Å²) >= 11 is 0. The number of anilines is 1. The first-order valence-corrected chi connectivity index (χ1v) is 9.53. The first-order valence-electron chi connectivity index (χ1n) is 7.64. The molecule has 1 aliphatic rings. The molecule has 1 atom stereocenters. The molecule has 0 saturated heterocycles. The number of para-hydroxylation sites is 1. The average molecular weight is 340 g/mol. The van der Waals surface area contributed by atoms with E-state index in [-0.39, 0.29) is 16.7 Å². The van der Waals surface area contributed by atoms with Crippen molar-refractivity contribution in [3.63, 3.8) is 0 Å². The molecule has 2 N–H and O–H groups in total. The fourth-order valence-corrected chi connectivity index (χ4v) is 3.90. The van der Waals surface area contributed by atoms with E-state index in [2.05, 4.69) is 10.3 Å². The van der Waals surface area contributed by atoms with Crippen molar-refractivity contribution in [3.05, 3.63) is 59.8 Å². The molecule has 1 aromatic heterocycles. The van der Waals surface area contributed by atoms with Gasteiger partial charge in [0, 0.05) is 35.2 Å². The molecule has 0 aliphatic carbocycles. The maximum atomic E-state index is 12.2. The minimum Gasteiger partial charge on any atom is -0.356 e. The van der Waals surface area contributed by atoms with Gasteiger partial charge in [-0.05, 0) is 23.8 Å². The van der Waals surface area contributed by atoms with Crippen LogP contribution in [0.25, 0.3) is 10.9 Å². The highest BCUT2D eigenvalue weighted by molar-refractivity contribution is 7.90. The Hall–Kier alpha value is -2.60. The number of sulfone groups is 1. The molecule has 2 aromatic carbocycles. The summed E-state index contributed by atoms with van der Waals surface area (Å²) in [4.78, 5) is 15.8. The molecule has 0 spiro atoms. The summed E-state index contributed by atoms with van der Waals surface area (Å²) in [6.45, 7) is 0. The van der Waals surface area contributed by atoms with Gasteiger partial charge in [0.1, 0.15) is 0 Å². The van der Waals surface area contributed by atoms with Crippen molar-refractivity contribution in [2.24, 2.45) is 0 Å². The highest BCUT2D eigenvalue weighted by Crippen LogP contribution is 2.40. The van der Waals surface area contributed by atoms with Crippen molar-refractivity contribution in [3.8, 4) is 0 Å². The topological polar surface area (TPSA) is 79.0 Å². The van der Waals surface area contributed by atoms with Crippen molar-refractivity contribution in [1.29, 1.82) is 0 Å². The molecule has 1 amide bonds. The number of carbonyl (C=O) groups excluding carboxylic acids is 1. The van der Waals surface area contributed by atoms with E-state index in [9.17, 15) is 13.2 Å². The van der Waals surface area contributed by atoms with Crippen molar-refractivity contribution < 1.29 is 13.2 Å². The van der Waals surface area contributed by atoms with Gasteiger partial charge in [0.15, 0.2) is 9.84 Å². The second-order valence-corrected chi connectivity index (χ2v) is 8.12. The molecule has 0 saturated carbocycles. The monoisotopic (exact) mass is 340 g/mol. The lowest BCUT2D eigenvalue weighted by atomic mass is 9.89. The van der Waals surface area contributed by atoms with Gasteiger partial charge in [-0.25, -0.2) is 8.42 Å². The lowest BCUT2D eigenvalue weighted by Gasteiger charge is -2.23. The van der Waals surface area contributed by atoms with Crippen LogP contribution in [0.3, 0.4) is 0 Å². The van der Waals surface area contributed by atoms with Crippen LogP contribution < -0.4 is 5.32 Å². The molecule has 3 aromatic rings. The molecule has 5 nitrogen and oxygen atoms in total. The number of aromatic nitrogens is 1. The number of hydrogen-bond acceptors (Lipinski definition) is 3. The summed E-state index contributed by atoms with van der Waals surface area (Å²) in [5.41, 5.74) is 3.68. The van der Waals surface area contributed by atoms with Gasteiger partial charge in [-0.3, -0.25) is 4.79 Å². The molecule has 4 rings (SSSR count). The molecule has 0 fully saturated rings. The highest BCUT2D eigenvalue weighted by Gasteiger charge is 2.29. The lowest BCUT2D eigenvalue weighted by molar-refractivity contribution is -0.116. The largest absolute Gasteiger partial charge is 0.356 e. The van der Waals surface area contributed by atoms with Gasteiger partial charge in [0.05, 0.1) is 10.6 Å². The van der Waals surface area contributed by atoms with E-state index >= 15 is 0 Å². The molecular weight excluding hydrogens is 324 g/mol. The van der Waals surface area contributed by atoms with Crippen molar-refractivity contribution in [1.82, 2.24) is 4.98 Å². The number of aromatic amines is 1. The molecule has 1 aliphatic heterocycles. The Morgan fingerprint density at radius 3 is 2.46 bits per heavy atom. The lowest BCUT2D eigenvalue weighted by Crippen LogP contribution is -2.23. The number of rotatable bonds is 2. The van der Waals surface area contributed by atoms with Crippen LogP contribution in [0.4, 0.5) is 5.69 Å². The minimum atomic E-state index is -3.23. The molecule has 122 valence electrons. The Kier molecular flexibility index (Phi) is 3.25. The van der Waals surface area contributed by atoms with Gasteiger partial charge in [-0.2, -0.15) is 0 Å². The van der Waals surface area contributed by atoms with E-state index in [0.717, 1.165) is 27.8 Å². The number of carbonyl (C=O) groups is 1. The van der Waals surface area contributed by atoms with Crippen LogP contribution in [0.5, 0.6) is 0 Å². The third-order valence-electron chi connectivity index (χ3n) is 4.45. The number of nitrogens with one attached hydrogen (secondary N) is 2. The summed E-state index contributed by atoms with van der Waals surface area (Å²) in [6, 6.07) is 14.6. The number of benzene rings is 2. The number of hydrogen-bond donors (Lipinski definition) is 2. The standard InChI is InChI=1S/C18H16N2O3S/c1-24(22,23)12-8-6-11(7-9-12)14-10-16(21)20-17-13-4-2-3-5-15(13)19-18(14)17/h2-9,14,19H,10H2,1H3,(H,20,21). The van der Waals surface area contributed by atoms with E-state index in [4.69, 9.17) is 0 Å². The zero-order valence-electron chi connectivity index (χ0n) is 13.0. The van der Waals surface area contributed by atoms with Gasteiger partial charge in [-0.15, -0.1) is 0 Å². The molecule has 0 bridgehead atoms. The van der Waals surface area contributed by atoms with Crippen LogP contribution >= 0.6 is 0 Å². The molecule has 2 heterocycles. The normalized spacial score (nSPS) is 17.5. The summed E-state index contributed by atoms with van der Waals surface area (Å²) in [6.07, 6.45) is 1.52. The summed E-state index contributed by atoms with van der Waals surface area (Å²) in [5, 5.41) is 3.94. The van der Waals surface area contributed by atoms with Crippen molar-refractivity contribution in [2.75, 3.05) is 11.6 Å². The number of amides is 1. The second-order valence-electron chi connectivity index (χ2n) is 6.11. The zero-order valence-corrected chi connectivity index (χ0v) is 13.9. The third kappa shape index (κ3) is 2.39. The quantitative estimate of drug-likeness (QED) is 0.752. The van der Waals surface area contributed by atoms with Gasteiger partial charge in [-0.1, -0.05) is 30.3 Å². The summed E-state index contributed by atoms with van der Waals surface area (Å²) in [7, 11) is -3.23. The van der Waals surface area contributed by atoms with Crippen LogP contribution in [0.2, 0.25) is 0 Å². The highest BCUT2D eigenvalue weighted by atomic mass is 32.2. The first-order chi connectivity index (χ1) is 11.4. The van der Waals surface area contributed by atoms with Gasteiger partial charge in [0.2, 0.25) is 5.91 Å². The maximum absolute atomic E-state index is 12.2. The summed E-state index contributed by atoms with van der Waals surface area (Å²) < 4.78 is 23.2. The van der Waals surface area contributed by atoms with Gasteiger partial charge in [0.25, 0.3) is 0 Å². The van der Waals surface area contributed by atoms with Crippen LogP contribution in [-0.2, 0) is 14.6 Å². The Bertz CT molecular complexity index is 1050. The Labute approximate surface area is 139 Å². The minimum absolute atomic E-state index is 0.0376. The van der Waals surface area contributed by atoms with Crippen molar-refractivity contribution >= 4 is 32.3 Å². The molecular formula is C18H16N2O3S. The average Bonchev–Trinajstić information content (AvgIpc) is 2.92. The van der Waals surface area contributed by atoms with E-state index in [1.165, 1.54) is 6.26 Å². The molecule has 0 radical (unpaired) electrons. The Morgan fingerprint density at radius 2 is 1.75 bits per heavy atom.